The molecule has 1 heterocycles. The second kappa shape index (κ2) is 4.81. The molecule has 1 aliphatic heterocycles. The lowest BCUT2D eigenvalue weighted by molar-refractivity contribution is -0.124. The van der Waals surface area contributed by atoms with E-state index in [-0.39, 0.29) is 18.2 Å². The lowest BCUT2D eigenvalue weighted by Gasteiger charge is -2.09. The maximum absolute atomic E-state index is 11.7. The molecule has 1 fully saturated rings. The zero-order chi connectivity index (χ0) is 14.1. The Morgan fingerprint density at radius 1 is 1.15 bits per heavy atom. The molecule has 20 heavy (non-hydrogen) atoms. The minimum Gasteiger partial charge on any atom is -0.496 e. The van der Waals surface area contributed by atoms with Crippen molar-refractivity contribution in [3.63, 3.8) is 0 Å². The SMILES string of the molecule is COc1ccc2ccccc2c1C=C1CC(=O)NC1=O. The average molecular weight is 267 g/mol. The normalized spacial score (nSPS) is 16.8. The maximum atomic E-state index is 11.7. The predicted octanol–water partition coefficient (Wildman–Crippen LogP) is 2.28. The van der Waals surface area contributed by atoms with E-state index in [4.69, 9.17) is 4.74 Å². The minimum absolute atomic E-state index is 0.116. The van der Waals surface area contributed by atoms with Crippen molar-refractivity contribution in [1.29, 1.82) is 0 Å². The number of hydrogen-bond donors (Lipinski definition) is 1. The zero-order valence-corrected chi connectivity index (χ0v) is 11.0. The van der Waals surface area contributed by atoms with E-state index in [9.17, 15) is 9.59 Å². The number of ether oxygens (including phenoxy) is 1. The second-order valence-corrected chi connectivity index (χ2v) is 4.63. The molecule has 1 N–H and O–H groups in total. The molecule has 0 atom stereocenters. The number of methoxy groups -OCH3 is 1. The van der Waals surface area contributed by atoms with Crippen molar-refractivity contribution in [2.75, 3.05) is 7.11 Å². The summed E-state index contributed by atoms with van der Waals surface area (Å²) in [7, 11) is 1.59. The zero-order valence-electron chi connectivity index (χ0n) is 11.0. The molecule has 100 valence electrons. The Morgan fingerprint density at radius 3 is 2.65 bits per heavy atom. The van der Waals surface area contributed by atoms with E-state index in [1.165, 1.54) is 0 Å². The van der Waals surface area contributed by atoms with E-state index in [1.54, 1.807) is 13.2 Å². The molecule has 0 spiro atoms. The third-order valence-electron chi connectivity index (χ3n) is 3.36. The Bertz CT molecular complexity index is 746. The van der Waals surface area contributed by atoms with Gasteiger partial charge in [0.2, 0.25) is 5.91 Å². The maximum Gasteiger partial charge on any atom is 0.254 e. The van der Waals surface area contributed by atoms with E-state index in [0.717, 1.165) is 16.3 Å². The highest BCUT2D eigenvalue weighted by molar-refractivity contribution is 6.16. The molecule has 0 unspecified atom stereocenters. The highest BCUT2D eigenvalue weighted by Crippen LogP contribution is 2.31. The smallest absolute Gasteiger partial charge is 0.254 e. The van der Waals surface area contributed by atoms with Crippen molar-refractivity contribution >= 4 is 28.7 Å². The highest BCUT2D eigenvalue weighted by Gasteiger charge is 2.24. The number of fused-ring (bicyclic) bond motifs is 1. The Labute approximate surface area is 116 Å². The number of imide groups is 1. The quantitative estimate of drug-likeness (QED) is 0.671. The number of hydrogen-bond acceptors (Lipinski definition) is 3. The number of carbonyl (C=O) groups is 2. The summed E-state index contributed by atoms with van der Waals surface area (Å²) in [5.41, 5.74) is 1.29. The van der Waals surface area contributed by atoms with E-state index < -0.39 is 0 Å². The first-order valence-corrected chi connectivity index (χ1v) is 6.29. The fourth-order valence-corrected chi connectivity index (χ4v) is 2.40. The van der Waals surface area contributed by atoms with Gasteiger partial charge in [0.05, 0.1) is 13.5 Å². The first-order chi connectivity index (χ1) is 9.69. The fourth-order valence-electron chi connectivity index (χ4n) is 2.40. The van der Waals surface area contributed by atoms with E-state index in [0.29, 0.717) is 11.3 Å². The van der Waals surface area contributed by atoms with Crippen LogP contribution >= 0.6 is 0 Å². The standard InChI is InChI=1S/C16H13NO3/c1-20-14-7-6-10-4-2-3-5-12(10)13(14)8-11-9-15(18)17-16(11)19/h2-8H,9H2,1H3,(H,17,18,19). The molecular weight excluding hydrogens is 254 g/mol. The van der Waals surface area contributed by atoms with Gasteiger partial charge in [-0.05, 0) is 22.9 Å². The topological polar surface area (TPSA) is 55.4 Å². The van der Waals surface area contributed by atoms with Gasteiger partial charge >= 0.3 is 0 Å². The third-order valence-corrected chi connectivity index (χ3v) is 3.36. The van der Waals surface area contributed by atoms with Crippen LogP contribution in [-0.4, -0.2) is 18.9 Å². The van der Waals surface area contributed by atoms with Crippen molar-refractivity contribution in [2.45, 2.75) is 6.42 Å². The van der Waals surface area contributed by atoms with Crippen LogP contribution in [0.3, 0.4) is 0 Å². The van der Waals surface area contributed by atoms with E-state index >= 15 is 0 Å². The van der Waals surface area contributed by atoms with Crippen LogP contribution in [0.5, 0.6) is 5.75 Å². The van der Waals surface area contributed by atoms with Gasteiger partial charge < -0.3 is 4.74 Å². The van der Waals surface area contributed by atoms with Crippen LogP contribution in [-0.2, 0) is 9.59 Å². The van der Waals surface area contributed by atoms with Crippen LogP contribution in [0.2, 0.25) is 0 Å². The number of nitrogens with one attached hydrogen (secondary N) is 1. The molecule has 0 radical (unpaired) electrons. The van der Waals surface area contributed by atoms with Crippen molar-refractivity contribution in [3.05, 3.63) is 47.5 Å². The summed E-state index contributed by atoms with van der Waals surface area (Å²) < 4.78 is 5.36. The summed E-state index contributed by atoms with van der Waals surface area (Å²) in [5, 5.41) is 4.34. The van der Waals surface area contributed by atoms with Crippen LogP contribution in [0.1, 0.15) is 12.0 Å². The van der Waals surface area contributed by atoms with Crippen LogP contribution in [0, 0.1) is 0 Å². The van der Waals surface area contributed by atoms with Gasteiger partial charge in [0.15, 0.2) is 0 Å². The van der Waals surface area contributed by atoms with Crippen molar-refractivity contribution in [2.24, 2.45) is 0 Å². The largest absolute Gasteiger partial charge is 0.496 e. The van der Waals surface area contributed by atoms with Gasteiger partial charge in [-0.25, -0.2) is 0 Å². The molecule has 0 saturated carbocycles. The lowest BCUT2D eigenvalue weighted by atomic mass is 10.0. The third kappa shape index (κ3) is 2.05. The molecule has 0 bridgehead atoms. The van der Waals surface area contributed by atoms with Gasteiger partial charge in [-0.2, -0.15) is 0 Å². The van der Waals surface area contributed by atoms with Gasteiger partial charge in [0.25, 0.3) is 5.91 Å². The summed E-state index contributed by atoms with van der Waals surface area (Å²) in [6, 6.07) is 11.7. The lowest BCUT2D eigenvalue weighted by Crippen LogP contribution is -2.19. The van der Waals surface area contributed by atoms with Crippen LogP contribution in [0.25, 0.3) is 16.8 Å². The van der Waals surface area contributed by atoms with E-state index in [1.807, 2.05) is 36.4 Å². The molecule has 0 aliphatic carbocycles. The highest BCUT2D eigenvalue weighted by atomic mass is 16.5. The summed E-state index contributed by atoms with van der Waals surface area (Å²) >= 11 is 0. The second-order valence-electron chi connectivity index (χ2n) is 4.63. The Kier molecular flexibility index (Phi) is 2.99. The molecule has 1 aliphatic rings. The molecule has 1 saturated heterocycles. The monoisotopic (exact) mass is 267 g/mol. The molecular formula is C16H13NO3. The van der Waals surface area contributed by atoms with Crippen molar-refractivity contribution in [3.8, 4) is 5.75 Å². The molecule has 2 amide bonds. The predicted molar refractivity (Wildman–Crippen MR) is 76.2 cm³/mol. The van der Waals surface area contributed by atoms with Crippen molar-refractivity contribution < 1.29 is 14.3 Å². The van der Waals surface area contributed by atoms with Gasteiger partial charge in [-0.15, -0.1) is 0 Å². The average Bonchev–Trinajstić information content (AvgIpc) is 2.77. The van der Waals surface area contributed by atoms with E-state index in [2.05, 4.69) is 5.32 Å². The van der Waals surface area contributed by atoms with Crippen LogP contribution in [0.15, 0.2) is 42.0 Å². The van der Waals surface area contributed by atoms with Gasteiger partial charge in [0.1, 0.15) is 5.75 Å². The van der Waals surface area contributed by atoms with Gasteiger partial charge in [-0.3, -0.25) is 14.9 Å². The minimum atomic E-state index is -0.329. The molecule has 4 heteroatoms. The summed E-state index contributed by atoms with van der Waals surface area (Å²) in [6.45, 7) is 0. The Balaban J connectivity index is 2.21. The Hall–Kier alpha value is -2.62. The molecule has 3 rings (SSSR count). The van der Waals surface area contributed by atoms with Crippen LogP contribution < -0.4 is 10.1 Å². The van der Waals surface area contributed by atoms with Gasteiger partial charge in [-0.1, -0.05) is 30.3 Å². The number of rotatable bonds is 2. The number of benzene rings is 2. The summed E-state index contributed by atoms with van der Waals surface area (Å²) in [6.07, 6.45) is 1.85. The molecule has 0 aromatic heterocycles. The Morgan fingerprint density at radius 2 is 1.95 bits per heavy atom. The number of carbonyl (C=O) groups excluding carboxylic acids is 2. The summed E-state index contributed by atoms with van der Waals surface area (Å²) in [4.78, 5) is 23.0. The number of amides is 2. The molecule has 2 aromatic rings. The van der Waals surface area contributed by atoms with Crippen molar-refractivity contribution in [1.82, 2.24) is 5.32 Å². The molecule has 4 nitrogen and oxygen atoms in total. The van der Waals surface area contributed by atoms with Gasteiger partial charge in [0, 0.05) is 11.1 Å². The molecule has 2 aromatic carbocycles. The van der Waals surface area contributed by atoms with Crippen LogP contribution in [0.4, 0.5) is 0 Å². The first-order valence-electron chi connectivity index (χ1n) is 6.29. The summed E-state index contributed by atoms with van der Waals surface area (Å²) in [5.74, 6) is 0.0915. The first kappa shape index (κ1) is 12.4. The fraction of sp³-hybridized carbons (Fsp3) is 0.125.